The summed E-state index contributed by atoms with van der Waals surface area (Å²) in [6.07, 6.45) is 7.14. The van der Waals surface area contributed by atoms with Crippen LogP contribution < -0.4 is 10.8 Å². The van der Waals surface area contributed by atoms with Gasteiger partial charge in [-0.05, 0) is 30.5 Å². The number of carbonyl (C=O) groups is 1. The van der Waals surface area contributed by atoms with Gasteiger partial charge in [-0.2, -0.15) is 0 Å². The maximum atomic E-state index is 13.7. The fourth-order valence-electron chi connectivity index (χ4n) is 3.06. The van der Waals surface area contributed by atoms with E-state index in [4.69, 9.17) is 5.21 Å². The van der Waals surface area contributed by atoms with E-state index in [0.29, 0.717) is 30.0 Å². The average molecular weight is 462 g/mol. The van der Waals surface area contributed by atoms with E-state index in [2.05, 4.69) is 20.2 Å². The molecule has 3 rings (SSSR count). The number of rotatable bonds is 7. The number of amides is 1. The lowest BCUT2D eigenvalue weighted by Crippen LogP contribution is -2.28. The van der Waals surface area contributed by atoms with E-state index in [1.807, 2.05) is 0 Å². The minimum Gasteiger partial charge on any atom is -0.365 e. The Hall–Kier alpha value is -2.33. The summed E-state index contributed by atoms with van der Waals surface area (Å²) in [6.45, 7) is 2.37. The molecule has 30 heavy (non-hydrogen) atoms. The second-order valence-corrected chi connectivity index (χ2v) is 6.55. The molecule has 1 amide bonds. The van der Waals surface area contributed by atoms with Crippen LogP contribution in [0.15, 0.2) is 36.7 Å². The molecule has 3 N–H and O–H groups in total. The number of benzene rings is 1. The van der Waals surface area contributed by atoms with Crippen LogP contribution in [0.3, 0.4) is 0 Å². The van der Waals surface area contributed by atoms with Gasteiger partial charge in [-0.1, -0.05) is 6.07 Å². The molecule has 0 aliphatic carbocycles. The first-order valence-electron chi connectivity index (χ1n) is 8.90. The first kappa shape index (κ1) is 25.7. The summed E-state index contributed by atoms with van der Waals surface area (Å²) in [5.41, 5.74) is 2.50. The van der Waals surface area contributed by atoms with Gasteiger partial charge in [0, 0.05) is 37.8 Å². The number of anilines is 1. The Balaban J connectivity index is 0.00000225. The third-order valence-electron chi connectivity index (χ3n) is 4.52. The van der Waals surface area contributed by atoms with Gasteiger partial charge in [-0.3, -0.25) is 15.0 Å². The average Bonchev–Trinajstić information content (AvgIpc) is 3.14. The molecule has 0 saturated carbocycles. The van der Waals surface area contributed by atoms with Gasteiger partial charge in [0.2, 0.25) is 0 Å². The van der Waals surface area contributed by atoms with Gasteiger partial charge < -0.3 is 10.2 Å². The summed E-state index contributed by atoms with van der Waals surface area (Å²) in [5, 5.41) is 11.7. The second-order valence-electron chi connectivity index (χ2n) is 6.55. The zero-order chi connectivity index (χ0) is 19.9. The smallest absolute Gasteiger partial charge is 0.267 e. The van der Waals surface area contributed by atoms with E-state index < -0.39 is 17.5 Å². The zero-order valence-corrected chi connectivity index (χ0v) is 17.6. The van der Waals surface area contributed by atoms with Crippen LogP contribution in [0.25, 0.3) is 6.08 Å². The van der Waals surface area contributed by atoms with Gasteiger partial charge in [-0.25, -0.2) is 19.2 Å². The Kier molecular flexibility index (Phi) is 10.6. The van der Waals surface area contributed by atoms with E-state index in [1.165, 1.54) is 29.9 Å². The minimum absolute atomic E-state index is 0. The fourth-order valence-corrected chi connectivity index (χ4v) is 3.06. The summed E-state index contributed by atoms with van der Waals surface area (Å²) in [4.78, 5) is 21.6. The standard InChI is InChI=1S/C19H21F2N5O2.2ClH/c20-14-2-1-13(17(21)9-14)5-7-26-8-6-16(12-26)24-18-11-22-15(10-23-18)3-4-19(27)25-28;;/h1-4,9-11,16,28H,5-8,12H2,(H,23,24)(H,25,27);2*1H/b4-3+;;/t16-;;/m1../s1. The lowest BCUT2D eigenvalue weighted by molar-refractivity contribution is -0.124. The van der Waals surface area contributed by atoms with Crippen molar-refractivity contribution >= 4 is 42.6 Å². The number of halogens is 4. The van der Waals surface area contributed by atoms with Crippen molar-refractivity contribution in [2.24, 2.45) is 0 Å². The lowest BCUT2D eigenvalue weighted by Gasteiger charge is -2.17. The van der Waals surface area contributed by atoms with Gasteiger partial charge in [0.05, 0.1) is 18.1 Å². The number of hydrogen-bond donors (Lipinski definition) is 3. The van der Waals surface area contributed by atoms with E-state index in [1.54, 1.807) is 6.20 Å². The van der Waals surface area contributed by atoms with Crippen LogP contribution in [0, 0.1) is 11.6 Å². The first-order chi connectivity index (χ1) is 13.5. The number of carbonyl (C=O) groups excluding carboxylic acids is 1. The van der Waals surface area contributed by atoms with Crippen molar-refractivity contribution in [3.05, 3.63) is 59.6 Å². The van der Waals surface area contributed by atoms with E-state index >= 15 is 0 Å². The van der Waals surface area contributed by atoms with Crippen molar-refractivity contribution in [1.29, 1.82) is 0 Å². The highest BCUT2D eigenvalue weighted by atomic mass is 35.5. The second kappa shape index (κ2) is 12.4. The molecule has 1 atom stereocenters. The van der Waals surface area contributed by atoms with Crippen LogP contribution in [0.2, 0.25) is 0 Å². The van der Waals surface area contributed by atoms with E-state index in [0.717, 1.165) is 31.7 Å². The predicted octanol–water partition coefficient (Wildman–Crippen LogP) is 2.85. The molecule has 1 aromatic heterocycles. The van der Waals surface area contributed by atoms with Crippen molar-refractivity contribution in [1.82, 2.24) is 20.3 Å². The topological polar surface area (TPSA) is 90.4 Å². The maximum Gasteiger partial charge on any atom is 0.267 e. The highest BCUT2D eigenvalue weighted by Crippen LogP contribution is 2.16. The van der Waals surface area contributed by atoms with Crippen LogP contribution in [0.5, 0.6) is 0 Å². The largest absolute Gasteiger partial charge is 0.365 e. The van der Waals surface area contributed by atoms with Crippen LogP contribution in [-0.4, -0.2) is 51.7 Å². The molecule has 1 aliphatic heterocycles. The Labute approximate surface area is 185 Å². The Bertz CT molecular complexity index is 855. The summed E-state index contributed by atoms with van der Waals surface area (Å²) < 4.78 is 26.7. The van der Waals surface area contributed by atoms with Crippen LogP contribution >= 0.6 is 24.8 Å². The number of hydrogen-bond acceptors (Lipinski definition) is 6. The number of aromatic nitrogens is 2. The molecular formula is C19H23Cl2F2N5O2. The number of likely N-dealkylation sites (tertiary alicyclic amines) is 1. The van der Waals surface area contributed by atoms with Gasteiger partial charge in [-0.15, -0.1) is 24.8 Å². The molecule has 0 radical (unpaired) electrons. The number of nitrogens with one attached hydrogen (secondary N) is 2. The summed E-state index contributed by atoms with van der Waals surface area (Å²) in [6, 6.07) is 3.89. The first-order valence-corrected chi connectivity index (χ1v) is 8.90. The Morgan fingerprint density at radius 2 is 2.07 bits per heavy atom. The molecule has 2 heterocycles. The van der Waals surface area contributed by atoms with Crippen LogP contribution in [0.4, 0.5) is 14.6 Å². The van der Waals surface area contributed by atoms with Gasteiger partial charge in [0.15, 0.2) is 0 Å². The van der Waals surface area contributed by atoms with Crippen molar-refractivity contribution in [2.45, 2.75) is 18.9 Å². The van der Waals surface area contributed by atoms with Crippen molar-refractivity contribution < 1.29 is 18.8 Å². The monoisotopic (exact) mass is 461 g/mol. The molecule has 1 fully saturated rings. The highest BCUT2D eigenvalue weighted by Gasteiger charge is 2.22. The molecular weight excluding hydrogens is 439 g/mol. The normalized spacial score (nSPS) is 16.0. The van der Waals surface area contributed by atoms with E-state index in [9.17, 15) is 13.6 Å². The predicted molar refractivity (Wildman–Crippen MR) is 114 cm³/mol. The molecule has 0 bridgehead atoms. The Morgan fingerprint density at radius 1 is 1.27 bits per heavy atom. The third kappa shape index (κ3) is 7.49. The van der Waals surface area contributed by atoms with Gasteiger partial charge >= 0.3 is 0 Å². The summed E-state index contributed by atoms with van der Waals surface area (Å²) in [5.74, 6) is -1.09. The minimum atomic E-state index is -0.643. The maximum absolute atomic E-state index is 13.7. The molecule has 0 spiro atoms. The molecule has 0 unspecified atom stereocenters. The highest BCUT2D eigenvalue weighted by molar-refractivity contribution is 5.90. The zero-order valence-electron chi connectivity index (χ0n) is 15.9. The number of hydroxylamine groups is 1. The molecule has 2 aromatic rings. The lowest BCUT2D eigenvalue weighted by atomic mass is 10.1. The molecule has 164 valence electrons. The summed E-state index contributed by atoms with van der Waals surface area (Å²) >= 11 is 0. The van der Waals surface area contributed by atoms with Crippen LogP contribution in [-0.2, 0) is 11.2 Å². The quantitative estimate of drug-likeness (QED) is 0.333. The molecule has 1 aromatic carbocycles. The molecule has 1 aliphatic rings. The summed E-state index contributed by atoms with van der Waals surface area (Å²) in [7, 11) is 0. The SMILES string of the molecule is Cl.Cl.O=C(/C=C/c1cnc(N[C@@H]2CCN(CCc3ccc(F)cc3F)C2)cn1)NO. The molecule has 1 saturated heterocycles. The van der Waals surface area contributed by atoms with Crippen molar-refractivity contribution in [3.63, 3.8) is 0 Å². The van der Waals surface area contributed by atoms with Gasteiger partial charge in [0.25, 0.3) is 5.91 Å². The van der Waals surface area contributed by atoms with Crippen LogP contribution in [0.1, 0.15) is 17.7 Å². The van der Waals surface area contributed by atoms with Crippen molar-refractivity contribution in [2.75, 3.05) is 25.0 Å². The third-order valence-corrected chi connectivity index (χ3v) is 4.52. The fraction of sp³-hybridized carbons (Fsp3) is 0.316. The number of nitrogens with zero attached hydrogens (tertiary/aromatic N) is 3. The van der Waals surface area contributed by atoms with Crippen molar-refractivity contribution in [3.8, 4) is 0 Å². The van der Waals surface area contributed by atoms with Gasteiger partial charge in [0.1, 0.15) is 17.5 Å². The molecule has 11 heteroatoms. The molecule has 7 nitrogen and oxygen atoms in total. The Morgan fingerprint density at radius 3 is 2.73 bits per heavy atom. The van der Waals surface area contributed by atoms with E-state index in [-0.39, 0.29) is 30.9 Å².